The number of aliphatic hydroxyl groups is 3. The summed E-state index contributed by atoms with van der Waals surface area (Å²) in [6, 6.07) is 10.9. The number of aliphatic hydroxyl groups excluding tert-OH is 3. The summed E-state index contributed by atoms with van der Waals surface area (Å²) in [5, 5.41) is 45.5. The molecule has 2 aromatic rings. The molecule has 1 amide bonds. The van der Waals surface area contributed by atoms with E-state index in [1.54, 1.807) is 35.3 Å². The van der Waals surface area contributed by atoms with Gasteiger partial charge in [-0.15, -0.1) is 6.58 Å². The maximum Gasteiger partial charge on any atom is 0.269 e. The van der Waals surface area contributed by atoms with Crippen molar-refractivity contribution in [2.45, 2.75) is 89.1 Å². The number of hydrogen-bond acceptors (Lipinski definition) is 12. The third-order valence-electron chi connectivity index (χ3n) is 11.3. The van der Waals surface area contributed by atoms with Crippen molar-refractivity contribution in [1.29, 1.82) is 0 Å². The van der Waals surface area contributed by atoms with Gasteiger partial charge >= 0.3 is 0 Å². The number of non-ortho nitro benzene ring substituents is 1. The number of allylic oxidation sites excluding steroid dienone is 1. The second-order valence-corrected chi connectivity index (χ2v) is 16.6. The Labute approximate surface area is 359 Å². The average molecular weight is 846 g/mol. The largest absolute Gasteiger partial charge is 0.490 e. The zero-order valence-corrected chi connectivity index (χ0v) is 35.8. The summed E-state index contributed by atoms with van der Waals surface area (Å²) in [6.07, 6.45) is 13.3. The molecule has 2 aromatic carbocycles. The number of rotatable bonds is 24. The molecule has 1 fully saturated rings. The molecule has 1 aliphatic heterocycles. The minimum atomic E-state index is -1.50. The topological polar surface area (TPSA) is 183 Å². The summed E-state index contributed by atoms with van der Waals surface area (Å²) in [5.41, 5.74) is 2.35. The molecule has 14 nitrogen and oxygen atoms in total. The number of oxime groups is 1. The van der Waals surface area contributed by atoms with Crippen molar-refractivity contribution in [1.82, 2.24) is 4.90 Å². The van der Waals surface area contributed by atoms with E-state index in [9.17, 15) is 30.2 Å². The van der Waals surface area contributed by atoms with Crippen molar-refractivity contribution in [3.8, 4) is 11.5 Å². The number of nitro benzene ring substituents is 1. The van der Waals surface area contributed by atoms with E-state index in [2.05, 4.69) is 19.2 Å². The summed E-state index contributed by atoms with van der Waals surface area (Å²) >= 11 is 0. The maximum atomic E-state index is 14.8. The average Bonchev–Trinajstić information content (AvgIpc) is 3.24. The van der Waals surface area contributed by atoms with Crippen LogP contribution in [0.3, 0.4) is 0 Å². The summed E-state index contributed by atoms with van der Waals surface area (Å²) in [6.45, 7) is 14.2. The molecular weight excluding hydrogens is 783 g/mol. The van der Waals surface area contributed by atoms with Crippen LogP contribution < -0.4 is 9.47 Å². The molecule has 1 saturated carbocycles. The lowest BCUT2D eigenvalue weighted by Crippen LogP contribution is -2.70. The monoisotopic (exact) mass is 845 g/mol. The summed E-state index contributed by atoms with van der Waals surface area (Å²) in [5.74, 6) is -1.37. The van der Waals surface area contributed by atoms with Crippen LogP contribution >= 0.6 is 0 Å². The molecule has 3 N–H and O–H groups in total. The van der Waals surface area contributed by atoms with Gasteiger partial charge in [0.05, 0.1) is 43.0 Å². The quantitative estimate of drug-likeness (QED) is 0.0321. The zero-order valence-electron chi connectivity index (χ0n) is 35.8. The fourth-order valence-corrected chi connectivity index (χ4v) is 8.80. The predicted molar refractivity (Wildman–Crippen MR) is 233 cm³/mol. The van der Waals surface area contributed by atoms with Crippen LogP contribution in [-0.4, -0.2) is 107 Å². The van der Waals surface area contributed by atoms with Gasteiger partial charge < -0.3 is 44.0 Å². The Morgan fingerprint density at radius 1 is 1.00 bits per heavy atom. The highest BCUT2D eigenvalue weighted by atomic mass is 16.7. The standard InChI is InChI=1S/C47H63N3O11/c1-6-26-58-36-19-20-41-39(31-36)44-37(13-9-11-24-52)34(12-8-10-23-51)30-38-40(48-61-46(3,4)5)32-42(47(60-41,45(38)44)59-27-7-2)49(22-28-57-29-25-53)43(54)21-16-33-14-17-35(18-15-33)50(55)56/h6-7,14-21,30-31,34,37,42,44-45,51-53H,1-2,8-13,22-29,32H2,3-5H3. The lowest BCUT2D eigenvalue weighted by atomic mass is 9.55. The van der Waals surface area contributed by atoms with Gasteiger partial charge in [0.2, 0.25) is 11.7 Å². The Hall–Kier alpha value is -4.86. The predicted octanol–water partition coefficient (Wildman–Crippen LogP) is 7.14. The van der Waals surface area contributed by atoms with Crippen LogP contribution in [-0.2, 0) is 19.1 Å². The highest BCUT2D eigenvalue weighted by molar-refractivity contribution is 6.03. The fourth-order valence-electron chi connectivity index (χ4n) is 8.80. The number of ether oxygens (including phenoxy) is 4. The van der Waals surface area contributed by atoms with Crippen molar-refractivity contribution >= 4 is 23.4 Å². The molecule has 1 heterocycles. The number of fused-ring (bicyclic) bond motifs is 2. The Kier molecular flexibility index (Phi) is 17.2. The van der Waals surface area contributed by atoms with Crippen molar-refractivity contribution in [2.24, 2.45) is 22.9 Å². The van der Waals surface area contributed by atoms with E-state index < -0.39 is 34.2 Å². The third-order valence-corrected chi connectivity index (χ3v) is 11.3. The summed E-state index contributed by atoms with van der Waals surface area (Å²) < 4.78 is 26.2. The second-order valence-electron chi connectivity index (χ2n) is 16.6. The molecule has 6 unspecified atom stereocenters. The Balaban J connectivity index is 1.77. The minimum absolute atomic E-state index is 0.0191. The molecular formula is C47H63N3O11. The van der Waals surface area contributed by atoms with Crippen LogP contribution in [0.2, 0.25) is 0 Å². The fraction of sp³-hybridized carbons (Fsp3) is 0.532. The Morgan fingerprint density at radius 2 is 1.72 bits per heavy atom. The molecule has 0 saturated heterocycles. The Morgan fingerprint density at radius 3 is 2.38 bits per heavy atom. The van der Waals surface area contributed by atoms with Crippen molar-refractivity contribution in [3.63, 3.8) is 0 Å². The van der Waals surface area contributed by atoms with Crippen LogP contribution in [0.25, 0.3) is 6.08 Å². The van der Waals surface area contributed by atoms with Gasteiger partial charge in [-0.1, -0.05) is 42.8 Å². The number of nitro groups is 1. The number of benzene rings is 2. The number of carbonyl (C=O) groups excluding carboxylic acids is 1. The lowest BCUT2D eigenvalue weighted by molar-refractivity contribution is -0.384. The van der Waals surface area contributed by atoms with E-state index in [-0.39, 0.29) is 76.0 Å². The maximum absolute atomic E-state index is 14.8. The first-order chi connectivity index (χ1) is 29.4. The lowest BCUT2D eigenvalue weighted by Gasteiger charge is -2.60. The first kappa shape index (κ1) is 47.2. The number of carbonyl (C=O) groups is 1. The normalized spacial score (nSPS) is 23.7. The molecule has 0 radical (unpaired) electrons. The van der Waals surface area contributed by atoms with Gasteiger partial charge in [-0.05, 0) is 106 Å². The minimum Gasteiger partial charge on any atom is -0.490 e. The number of hydrogen-bond donors (Lipinski definition) is 3. The highest BCUT2D eigenvalue weighted by Gasteiger charge is 2.65. The Bertz CT molecular complexity index is 1890. The van der Waals surface area contributed by atoms with Gasteiger partial charge in [0.1, 0.15) is 29.7 Å². The van der Waals surface area contributed by atoms with Crippen molar-refractivity contribution in [2.75, 3.05) is 52.8 Å². The van der Waals surface area contributed by atoms with E-state index in [0.717, 1.165) is 36.8 Å². The van der Waals surface area contributed by atoms with Gasteiger partial charge in [-0.2, -0.15) is 0 Å². The van der Waals surface area contributed by atoms with E-state index >= 15 is 0 Å². The molecule has 5 rings (SSSR count). The zero-order chi connectivity index (χ0) is 44.0. The first-order valence-electron chi connectivity index (χ1n) is 21.3. The molecule has 0 aromatic heterocycles. The molecule has 332 valence electrons. The molecule has 61 heavy (non-hydrogen) atoms. The van der Waals surface area contributed by atoms with E-state index in [4.69, 9.17) is 28.9 Å². The summed E-state index contributed by atoms with van der Waals surface area (Å²) in [4.78, 5) is 33.5. The van der Waals surface area contributed by atoms with E-state index in [1.165, 1.54) is 18.2 Å². The number of unbranched alkanes of at least 4 members (excludes halogenated alkanes) is 2. The van der Waals surface area contributed by atoms with Crippen molar-refractivity contribution < 1.29 is 48.8 Å². The van der Waals surface area contributed by atoms with E-state index in [0.29, 0.717) is 42.2 Å². The van der Waals surface area contributed by atoms with Crippen LogP contribution in [0.1, 0.15) is 82.8 Å². The molecule has 0 bridgehead atoms. The van der Waals surface area contributed by atoms with Gasteiger partial charge in [-0.3, -0.25) is 14.9 Å². The summed E-state index contributed by atoms with van der Waals surface area (Å²) in [7, 11) is 0. The third kappa shape index (κ3) is 11.7. The van der Waals surface area contributed by atoms with Gasteiger partial charge in [0.15, 0.2) is 0 Å². The highest BCUT2D eigenvalue weighted by Crippen LogP contribution is 2.62. The van der Waals surface area contributed by atoms with Gasteiger partial charge in [0, 0.05) is 55.9 Å². The van der Waals surface area contributed by atoms with E-state index in [1.807, 2.05) is 39.0 Å². The van der Waals surface area contributed by atoms with Crippen LogP contribution in [0.5, 0.6) is 11.5 Å². The SMILES string of the molecule is C=CCOc1ccc2c(c1)C1C(CCCCO)C(CCCCO)C=C3C(=NOC(C)(C)C)CC(N(CCOCCO)C(=O)C=Cc4ccc([N+](=O)[O-])cc4)C(OCC=C)(O2)C31. The van der Waals surface area contributed by atoms with Crippen LogP contribution in [0, 0.1) is 27.9 Å². The smallest absolute Gasteiger partial charge is 0.269 e. The van der Waals surface area contributed by atoms with Crippen LogP contribution in [0.4, 0.5) is 5.69 Å². The second kappa shape index (κ2) is 22.3. The number of nitrogens with zero attached hydrogens (tertiary/aromatic N) is 3. The van der Waals surface area contributed by atoms with Gasteiger partial charge in [-0.25, -0.2) is 0 Å². The van der Waals surface area contributed by atoms with Gasteiger partial charge in [0.25, 0.3) is 5.69 Å². The molecule has 3 aliphatic rings. The molecule has 14 heteroatoms. The molecule has 0 spiro atoms. The number of amides is 1. The molecule has 2 aliphatic carbocycles. The first-order valence-corrected chi connectivity index (χ1v) is 21.3. The van der Waals surface area contributed by atoms with Crippen LogP contribution in [0.15, 0.2) is 90.7 Å². The molecule has 6 atom stereocenters. The van der Waals surface area contributed by atoms with Crippen molar-refractivity contribution in [3.05, 3.63) is 107 Å².